The number of hydrogen-bond donors (Lipinski definition) is 2. The van der Waals surface area contributed by atoms with Crippen molar-refractivity contribution in [1.82, 2.24) is 19.8 Å². The van der Waals surface area contributed by atoms with E-state index in [1.807, 2.05) is 6.92 Å². The molecule has 2 aliphatic rings. The number of nitrogens with one attached hydrogen (secondary N) is 1. The number of hydrogen-bond acceptors (Lipinski definition) is 7. The van der Waals surface area contributed by atoms with Gasteiger partial charge >= 0.3 is 12.2 Å². The van der Waals surface area contributed by atoms with Crippen molar-refractivity contribution < 1.29 is 19.4 Å². The second kappa shape index (κ2) is 10.3. The molecule has 1 aromatic carbocycles. The lowest BCUT2D eigenvalue weighted by Gasteiger charge is -2.33. The van der Waals surface area contributed by atoms with Crippen LogP contribution >= 0.6 is 0 Å². The minimum atomic E-state index is -0.847. The van der Waals surface area contributed by atoms with E-state index in [1.54, 1.807) is 17.2 Å². The Balaban J connectivity index is 1.36. The van der Waals surface area contributed by atoms with Crippen LogP contribution in [0.1, 0.15) is 37.9 Å². The van der Waals surface area contributed by atoms with Crippen LogP contribution in [0.15, 0.2) is 36.5 Å². The minimum Gasteiger partial charge on any atom is -0.465 e. The smallest absolute Gasteiger partial charge is 0.415 e. The fourth-order valence-corrected chi connectivity index (χ4v) is 4.29. The lowest BCUT2D eigenvalue weighted by Crippen LogP contribution is -2.47. The number of piperazine rings is 1. The third kappa shape index (κ3) is 5.39. The van der Waals surface area contributed by atoms with Crippen molar-refractivity contribution in [3.63, 3.8) is 0 Å². The number of cyclic esters (lactones) is 1. The van der Waals surface area contributed by atoms with Gasteiger partial charge in [0.2, 0.25) is 5.95 Å². The molecule has 2 fully saturated rings. The summed E-state index contributed by atoms with van der Waals surface area (Å²) in [6, 6.07) is 10.0. The predicted molar refractivity (Wildman–Crippen MR) is 128 cm³/mol. The van der Waals surface area contributed by atoms with Crippen molar-refractivity contribution in [2.24, 2.45) is 5.92 Å². The number of anilines is 2. The van der Waals surface area contributed by atoms with Gasteiger partial charge in [-0.05, 0) is 30.0 Å². The summed E-state index contributed by atoms with van der Waals surface area (Å²) >= 11 is 0. The van der Waals surface area contributed by atoms with E-state index in [9.17, 15) is 9.59 Å². The lowest BCUT2D eigenvalue weighted by atomic mass is 10.0. The Morgan fingerprint density at radius 2 is 1.85 bits per heavy atom. The van der Waals surface area contributed by atoms with Crippen LogP contribution in [0.25, 0.3) is 0 Å². The third-order valence-corrected chi connectivity index (χ3v) is 6.44. The van der Waals surface area contributed by atoms with Gasteiger partial charge in [0.25, 0.3) is 0 Å². The Kier molecular flexibility index (Phi) is 7.16. The maximum Gasteiger partial charge on any atom is 0.415 e. The molecule has 2 aliphatic heterocycles. The van der Waals surface area contributed by atoms with E-state index in [4.69, 9.17) is 9.84 Å². The number of carbonyl (C=O) groups excluding carboxylic acids is 1. The van der Waals surface area contributed by atoms with E-state index in [0.29, 0.717) is 31.5 Å². The van der Waals surface area contributed by atoms with Crippen LogP contribution in [-0.4, -0.2) is 75.9 Å². The third-order valence-electron chi connectivity index (χ3n) is 6.44. The molecule has 2 aromatic rings. The number of benzene rings is 1. The van der Waals surface area contributed by atoms with Crippen LogP contribution in [0.2, 0.25) is 0 Å². The Bertz CT molecular complexity index is 1010. The molecular weight excluding hydrogens is 436 g/mol. The summed E-state index contributed by atoms with van der Waals surface area (Å²) in [5.41, 5.74) is 2.28. The monoisotopic (exact) mass is 468 g/mol. The van der Waals surface area contributed by atoms with Gasteiger partial charge in [0.05, 0.1) is 12.1 Å². The first kappa shape index (κ1) is 23.7. The number of amides is 2. The molecule has 0 spiro atoms. The van der Waals surface area contributed by atoms with Crippen LogP contribution in [0, 0.1) is 5.92 Å². The van der Waals surface area contributed by atoms with Gasteiger partial charge in [-0.3, -0.25) is 9.80 Å². The van der Waals surface area contributed by atoms with Crippen molar-refractivity contribution in [2.45, 2.75) is 39.4 Å². The molecule has 0 aliphatic carbocycles. The van der Waals surface area contributed by atoms with Crippen LogP contribution in [-0.2, 0) is 11.3 Å². The number of carbonyl (C=O) groups is 2. The Hall–Kier alpha value is -3.40. The second-order valence-electron chi connectivity index (χ2n) is 9.15. The zero-order valence-corrected chi connectivity index (χ0v) is 19.8. The molecule has 182 valence electrons. The quantitative estimate of drug-likeness (QED) is 0.636. The molecule has 1 aromatic heterocycles. The average molecular weight is 469 g/mol. The van der Waals surface area contributed by atoms with Crippen LogP contribution in [0.4, 0.5) is 21.4 Å². The first-order chi connectivity index (χ1) is 16.3. The van der Waals surface area contributed by atoms with Gasteiger partial charge in [0.1, 0.15) is 12.4 Å². The summed E-state index contributed by atoms with van der Waals surface area (Å²) in [6.45, 7) is 9.87. The molecule has 34 heavy (non-hydrogen) atoms. The van der Waals surface area contributed by atoms with E-state index in [2.05, 4.69) is 58.3 Å². The molecule has 0 saturated carbocycles. The molecule has 2 saturated heterocycles. The highest BCUT2D eigenvalue weighted by Crippen LogP contribution is 2.27. The molecule has 2 atom stereocenters. The van der Waals surface area contributed by atoms with Crippen molar-refractivity contribution >= 4 is 24.0 Å². The van der Waals surface area contributed by atoms with Gasteiger partial charge in [-0.15, -0.1) is 0 Å². The first-order valence-corrected chi connectivity index (χ1v) is 11.7. The van der Waals surface area contributed by atoms with Crippen molar-refractivity contribution in [3.05, 3.63) is 47.7 Å². The summed E-state index contributed by atoms with van der Waals surface area (Å²) < 4.78 is 5.24. The first-order valence-electron chi connectivity index (χ1n) is 11.7. The van der Waals surface area contributed by atoms with E-state index in [1.165, 1.54) is 10.5 Å². The number of aromatic nitrogens is 2. The molecule has 0 radical (unpaired) electrons. The summed E-state index contributed by atoms with van der Waals surface area (Å²) in [5, 5.41) is 12.4. The minimum absolute atomic E-state index is 0.0326. The van der Waals surface area contributed by atoms with Gasteiger partial charge in [0.15, 0.2) is 0 Å². The number of nitrogens with zero attached hydrogens (tertiary/aromatic N) is 5. The molecule has 10 nitrogen and oxygen atoms in total. The molecule has 0 bridgehead atoms. The highest BCUT2D eigenvalue weighted by Gasteiger charge is 2.37. The average Bonchev–Trinajstić information content (AvgIpc) is 3.22. The zero-order valence-electron chi connectivity index (χ0n) is 19.8. The maximum absolute atomic E-state index is 12.3. The molecular formula is C24H32N6O4. The van der Waals surface area contributed by atoms with Crippen molar-refractivity contribution in [3.8, 4) is 0 Å². The summed E-state index contributed by atoms with van der Waals surface area (Å²) in [5.74, 6) is 1.23. The number of rotatable bonds is 7. The van der Waals surface area contributed by atoms with Gasteiger partial charge in [-0.2, -0.15) is 4.98 Å². The largest absolute Gasteiger partial charge is 0.465 e. The van der Waals surface area contributed by atoms with Crippen LogP contribution in [0.3, 0.4) is 0 Å². The molecule has 2 amide bonds. The summed E-state index contributed by atoms with van der Waals surface area (Å²) in [7, 11) is 0. The lowest BCUT2D eigenvalue weighted by molar-refractivity contribution is 0.103. The topological polar surface area (TPSA) is 111 Å². The zero-order chi connectivity index (χ0) is 24.2. The van der Waals surface area contributed by atoms with E-state index in [0.717, 1.165) is 25.2 Å². The van der Waals surface area contributed by atoms with E-state index < -0.39 is 6.09 Å². The van der Waals surface area contributed by atoms with Crippen molar-refractivity contribution in [1.29, 1.82) is 0 Å². The number of ether oxygens (including phenoxy) is 1. The van der Waals surface area contributed by atoms with Gasteiger partial charge in [0, 0.05) is 38.9 Å². The molecule has 3 heterocycles. The van der Waals surface area contributed by atoms with Gasteiger partial charge < -0.3 is 20.1 Å². The highest BCUT2D eigenvalue weighted by atomic mass is 16.6. The molecule has 1 unspecified atom stereocenters. The maximum atomic E-state index is 12.3. The SMILES string of the molecule is CC(Nc1nccc(N2C(=O)OC[C@@H]2C(C)C)n1)c1ccc(CN2CCN(C(=O)O)CC2)cc1. The Morgan fingerprint density at radius 3 is 2.50 bits per heavy atom. The summed E-state index contributed by atoms with van der Waals surface area (Å²) in [6.07, 6.45) is 0.421. The summed E-state index contributed by atoms with van der Waals surface area (Å²) in [4.78, 5) is 37.5. The predicted octanol–water partition coefficient (Wildman–Crippen LogP) is 3.43. The van der Waals surface area contributed by atoms with E-state index in [-0.39, 0.29) is 24.1 Å². The highest BCUT2D eigenvalue weighted by molar-refractivity contribution is 5.89. The standard InChI is InChI=1S/C24H32N6O4/c1-16(2)20-15-34-24(33)30(20)21-8-9-25-22(27-21)26-17(3)19-6-4-18(5-7-19)14-28-10-12-29(13-11-28)23(31)32/h4-9,16-17,20H,10-15H2,1-3H3,(H,31,32)(H,25,26,27)/t17?,20-/m1/s1. The fourth-order valence-electron chi connectivity index (χ4n) is 4.29. The number of carboxylic acid groups (broad SMARTS) is 1. The van der Waals surface area contributed by atoms with Crippen LogP contribution in [0.5, 0.6) is 0 Å². The fraction of sp³-hybridized carbons (Fsp3) is 0.500. The Morgan fingerprint density at radius 1 is 1.15 bits per heavy atom. The molecule has 4 rings (SSSR count). The molecule has 2 N–H and O–H groups in total. The molecule has 10 heteroatoms. The van der Waals surface area contributed by atoms with Gasteiger partial charge in [-0.1, -0.05) is 38.1 Å². The van der Waals surface area contributed by atoms with Crippen molar-refractivity contribution in [2.75, 3.05) is 43.0 Å². The van der Waals surface area contributed by atoms with E-state index >= 15 is 0 Å². The second-order valence-corrected chi connectivity index (χ2v) is 9.15. The normalized spacial score (nSPS) is 19.9. The van der Waals surface area contributed by atoms with Gasteiger partial charge in [-0.25, -0.2) is 14.6 Å². The Labute approximate surface area is 199 Å². The van der Waals surface area contributed by atoms with Crippen LogP contribution < -0.4 is 10.2 Å².